The maximum atomic E-state index is 5.54. The molecule has 2 N–H and O–H groups in total. The van der Waals surface area contributed by atoms with E-state index in [2.05, 4.69) is 52.9 Å². The second-order valence-electron chi connectivity index (χ2n) is 7.32. The zero-order valence-corrected chi connectivity index (χ0v) is 17.7. The summed E-state index contributed by atoms with van der Waals surface area (Å²) in [6.07, 6.45) is 2.22. The van der Waals surface area contributed by atoms with E-state index in [0.29, 0.717) is 5.11 Å². The number of hydrogen-bond acceptors (Lipinski definition) is 4. The van der Waals surface area contributed by atoms with Gasteiger partial charge in [0.05, 0.1) is 20.3 Å². The van der Waals surface area contributed by atoms with Crippen molar-refractivity contribution >= 4 is 23.4 Å². The number of benzene rings is 2. The van der Waals surface area contributed by atoms with E-state index in [1.165, 1.54) is 16.7 Å². The maximum absolute atomic E-state index is 5.54. The van der Waals surface area contributed by atoms with Crippen LogP contribution in [0, 0.1) is 0 Å². The van der Waals surface area contributed by atoms with Gasteiger partial charge in [-0.15, -0.1) is 0 Å². The largest absolute Gasteiger partial charge is 0.497 e. The van der Waals surface area contributed by atoms with Gasteiger partial charge in [-0.1, -0.05) is 24.3 Å². The predicted molar refractivity (Wildman–Crippen MR) is 120 cm³/mol. The molecule has 29 heavy (non-hydrogen) atoms. The fourth-order valence-corrected chi connectivity index (χ4v) is 4.09. The minimum absolute atomic E-state index is 0.0340. The van der Waals surface area contributed by atoms with Gasteiger partial charge in [0.25, 0.3) is 0 Å². The quantitative estimate of drug-likeness (QED) is 0.757. The Morgan fingerprint density at radius 3 is 2.21 bits per heavy atom. The van der Waals surface area contributed by atoms with E-state index in [4.69, 9.17) is 21.7 Å². The zero-order valence-electron chi connectivity index (χ0n) is 16.9. The molecule has 2 heterocycles. The van der Waals surface area contributed by atoms with Gasteiger partial charge >= 0.3 is 0 Å². The Morgan fingerprint density at radius 1 is 0.966 bits per heavy atom. The first kappa shape index (κ1) is 19.5. The molecule has 0 saturated heterocycles. The van der Waals surface area contributed by atoms with Gasteiger partial charge in [0.1, 0.15) is 11.5 Å². The average molecular weight is 408 g/mol. The molecule has 1 atom stereocenters. The molecule has 2 aliphatic rings. The molecule has 0 spiro atoms. The minimum atomic E-state index is 0.0340. The average Bonchev–Trinajstić information content (AvgIpc) is 2.74. The first-order valence-electron chi connectivity index (χ1n) is 9.55. The first-order chi connectivity index (χ1) is 14.1. The summed E-state index contributed by atoms with van der Waals surface area (Å²) in [7, 11) is 5.50. The van der Waals surface area contributed by atoms with Gasteiger partial charge in [-0.2, -0.15) is 0 Å². The van der Waals surface area contributed by atoms with Crippen molar-refractivity contribution in [3.8, 4) is 11.5 Å². The van der Waals surface area contributed by atoms with Crippen LogP contribution in [-0.2, 0) is 0 Å². The molecule has 0 radical (unpaired) electrons. The zero-order chi connectivity index (χ0) is 20.4. The summed E-state index contributed by atoms with van der Waals surface area (Å²) in [5.74, 6) is 1.70. The number of thiocarbonyl (C=S) groups is 1. The standard InChI is InChI=1S/C23H25N3O2S/c1-26-13-17(12-15-4-8-18(27-2)9-5-15)22-20(14-26)21(24-23(29)25-22)16-6-10-19(28-3)11-7-16/h4-12,21H,13-14H2,1-3H3,(H2,24,25,29)/b17-12+. The number of nitrogens with one attached hydrogen (secondary N) is 2. The fraction of sp³-hybridized carbons (Fsp3) is 0.261. The highest BCUT2D eigenvalue weighted by atomic mass is 32.1. The number of likely N-dealkylation sites (N-methyl/N-ethyl adjacent to an activating group) is 1. The summed E-state index contributed by atoms with van der Waals surface area (Å²) in [5.41, 5.74) is 5.94. The van der Waals surface area contributed by atoms with Crippen LogP contribution in [0.25, 0.3) is 6.08 Å². The third-order valence-electron chi connectivity index (χ3n) is 5.29. The second-order valence-corrected chi connectivity index (χ2v) is 7.73. The normalized spacial score (nSPS) is 20.7. The van der Waals surface area contributed by atoms with Crippen LogP contribution >= 0.6 is 12.2 Å². The summed E-state index contributed by atoms with van der Waals surface area (Å²) in [6.45, 7) is 1.73. The first-order valence-corrected chi connectivity index (χ1v) is 9.96. The summed E-state index contributed by atoms with van der Waals surface area (Å²) in [6, 6.07) is 16.3. The molecule has 1 unspecified atom stereocenters. The number of rotatable bonds is 4. The topological polar surface area (TPSA) is 45.8 Å². The number of ether oxygens (including phenoxy) is 2. The lowest BCUT2D eigenvalue weighted by Crippen LogP contribution is -2.49. The van der Waals surface area contributed by atoms with Gasteiger partial charge in [-0.3, -0.25) is 4.90 Å². The van der Waals surface area contributed by atoms with Crippen LogP contribution in [0.3, 0.4) is 0 Å². The van der Waals surface area contributed by atoms with Crippen LogP contribution in [0.2, 0.25) is 0 Å². The van der Waals surface area contributed by atoms with Crippen LogP contribution in [0.4, 0.5) is 0 Å². The molecular formula is C23H25N3O2S. The van der Waals surface area contributed by atoms with Gasteiger partial charge in [0, 0.05) is 18.8 Å². The highest BCUT2D eigenvalue weighted by molar-refractivity contribution is 7.80. The van der Waals surface area contributed by atoms with E-state index >= 15 is 0 Å². The van der Waals surface area contributed by atoms with Crippen molar-refractivity contribution in [1.82, 2.24) is 15.5 Å². The molecular weight excluding hydrogens is 382 g/mol. The summed E-state index contributed by atoms with van der Waals surface area (Å²) < 4.78 is 10.6. The van der Waals surface area contributed by atoms with Crippen molar-refractivity contribution in [1.29, 1.82) is 0 Å². The lowest BCUT2D eigenvalue weighted by atomic mass is 9.89. The molecule has 2 aliphatic heterocycles. The fourth-order valence-electron chi connectivity index (χ4n) is 3.87. The minimum Gasteiger partial charge on any atom is -0.497 e. The van der Waals surface area contributed by atoms with Crippen LogP contribution in [0.1, 0.15) is 17.2 Å². The van der Waals surface area contributed by atoms with E-state index in [-0.39, 0.29) is 6.04 Å². The van der Waals surface area contributed by atoms with Crippen molar-refractivity contribution in [2.24, 2.45) is 0 Å². The van der Waals surface area contributed by atoms with E-state index in [9.17, 15) is 0 Å². The van der Waals surface area contributed by atoms with Crippen molar-refractivity contribution in [2.45, 2.75) is 6.04 Å². The number of methoxy groups -OCH3 is 2. The van der Waals surface area contributed by atoms with Crippen molar-refractivity contribution in [3.05, 3.63) is 76.5 Å². The van der Waals surface area contributed by atoms with E-state index in [1.807, 2.05) is 24.3 Å². The second kappa shape index (κ2) is 8.27. The van der Waals surface area contributed by atoms with Crippen molar-refractivity contribution in [3.63, 3.8) is 0 Å². The Balaban J connectivity index is 1.74. The van der Waals surface area contributed by atoms with Gasteiger partial charge < -0.3 is 20.1 Å². The highest BCUT2D eigenvalue weighted by Crippen LogP contribution is 2.34. The Morgan fingerprint density at radius 2 is 1.59 bits per heavy atom. The lowest BCUT2D eigenvalue weighted by Gasteiger charge is -2.39. The summed E-state index contributed by atoms with van der Waals surface area (Å²) in [5, 5.41) is 7.50. The predicted octanol–water partition coefficient (Wildman–Crippen LogP) is 3.51. The SMILES string of the molecule is COc1ccc(/C=C2\CN(C)CC3=C2NC(=S)NC3c2ccc(OC)cc2)cc1. The van der Waals surface area contributed by atoms with E-state index in [1.54, 1.807) is 14.2 Å². The summed E-state index contributed by atoms with van der Waals surface area (Å²) in [4.78, 5) is 2.32. The highest BCUT2D eigenvalue weighted by Gasteiger charge is 2.32. The Kier molecular flexibility index (Phi) is 5.56. The number of nitrogens with zero attached hydrogens (tertiary/aromatic N) is 1. The molecule has 0 saturated carbocycles. The molecule has 2 aromatic carbocycles. The Bertz CT molecular complexity index is 965. The molecule has 0 aromatic heterocycles. The number of hydrogen-bond donors (Lipinski definition) is 2. The molecule has 0 fully saturated rings. The maximum Gasteiger partial charge on any atom is 0.171 e. The van der Waals surface area contributed by atoms with Crippen LogP contribution in [0.15, 0.2) is 65.4 Å². The Labute approximate surface area is 177 Å². The van der Waals surface area contributed by atoms with Gasteiger partial charge in [0.2, 0.25) is 0 Å². The molecule has 2 aromatic rings. The molecule has 0 aliphatic carbocycles. The smallest absolute Gasteiger partial charge is 0.171 e. The molecule has 4 rings (SSSR count). The molecule has 0 bridgehead atoms. The third-order valence-corrected chi connectivity index (χ3v) is 5.51. The van der Waals surface area contributed by atoms with Crippen LogP contribution in [0.5, 0.6) is 11.5 Å². The van der Waals surface area contributed by atoms with Gasteiger partial charge in [0.15, 0.2) is 5.11 Å². The summed E-state index contributed by atoms with van der Waals surface area (Å²) >= 11 is 5.54. The van der Waals surface area contributed by atoms with Crippen LogP contribution in [-0.4, -0.2) is 44.4 Å². The van der Waals surface area contributed by atoms with Crippen molar-refractivity contribution < 1.29 is 9.47 Å². The molecule has 0 amide bonds. The molecule has 6 heteroatoms. The van der Waals surface area contributed by atoms with Gasteiger partial charge in [-0.05, 0) is 71.9 Å². The molecule has 150 valence electrons. The third kappa shape index (κ3) is 4.13. The molecule has 5 nitrogen and oxygen atoms in total. The van der Waals surface area contributed by atoms with E-state index < -0.39 is 0 Å². The van der Waals surface area contributed by atoms with Crippen molar-refractivity contribution in [2.75, 3.05) is 34.4 Å². The Hall–Kier alpha value is -2.83. The van der Waals surface area contributed by atoms with E-state index in [0.717, 1.165) is 35.8 Å². The van der Waals surface area contributed by atoms with Crippen LogP contribution < -0.4 is 20.1 Å². The van der Waals surface area contributed by atoms with Gasteiger partial charge in [-0.25, -0.2) is 0 Å². The lowest BCUT2D eigenvalue weighted by molar-refractivity contribution is 0.364. The monoisotopic (exact) mass is 407 g/mol.